The van der Waals surface area contributed by atoms with Crippen molar-refractivity contribution in [1.29, 1.82) is 0 Å². The molecule has 1 aromatic heterocycles. The Morgan fingerprint density at radius 2 is 2.24 bits per heavy atom. The van der Waals surface area contributed by atoms with E-state index in [0.717, 1.165) is 25.7 Å². The van der Waals surface area contributed by atoms with Crippen LogP contribution in [0, 0.1) is 0 Å². The minimum absolute atomic E-state index is 0.0155. The molecular formula is C11H17N3O2S. The van der Waals surface area contributed by atoms with Crippen LogP contribution in [0.15, 0.2) is 5.38 Å². The maximum absolute atomic E-state index is 12.0. The fourth-order valence-corrected chi connectivity index (χ4v) is 2.79. The fourth-order valence-electron chi connectivity index (χ4n) is 2.25. The van der Waals surface area contributed by atoms with E-state index in [1.54, 1.807) is 5.38 Å². The Morgan fingerprint density at radius 1 is 1.53 bits per heavy atom. The van der Waals surface area contributed by atoms with Crippen molar-refractivity contribution in [3.05, 3.63) is 11.1 Å². The first-order valence-corrected chi connectivity index (χ1v) is 6.68. The standard InChI is InChI=1S/C11H17N3O2S/c12-10-13-8(6-17-10)9(16)14-11(7-15)4-2-1-3-5-11/h6,15H,1-5,7H2,(H2,12,13)(H,14,16). The second-order valence-corrected chi connectivity index (χ2v) is 5.41. The van der Waals surface area contributed by atoms with Crippen LogP contribution in [-0.4, -0.2) is 28.1 Å². The molecular weight excluding hydrogens is 238 g/mol. The van der Waals surface area contributed by atoms with Gasteiger partial charge in [0.05, 0.1) is 12.1 Å². The number of carbonyl (C=O) groups is 1. The number of anilines is 1. The second-order valence-electron chi connectivity index (χ2n) is 4.52. The number of aliphatic hydroxyl groups excluding tert-OH is 1. The number of aliphatic hydroxyl groups is 1. The van der Waals surface area contributed by atoms with Crippen LogP contribution in [0.25, 0.3) is 0 Å². The summed E-state index contributed by atoms with van der Waals surface area (Å²) >= 11 is 1.24. The Bertz CT molecular complexity index is 399. The van der Waals surface area contributed by atoms with Gasteiger partial charge in [-0.25, -0.2) is 4.98 Å². The zero-order valence-corrected chi connectivity index (χ0v) is 10.4. The van der Waals surface area contributed by atoms with Crippen LogP contribution in [0.1, 0.15) is 42.6 Å². The largest absolute Gasteiger partial charge is 0.394 e. The molecule has 1 aromatic rings. The van der Waals surface area contributed by atoms with E-state index in [9.17, 15) is 9.90 Å². The van der Waals surface area contributed by atoms with Crippen LogP contribution in [-0.2, 0) is 0 Å². The topological polar surface area (TPSA) is 88.2 Å². The van der Waals surface area contributed by atoms with E-state index in [1.165, 1.54) is 17.8 Å². The summed E-state index contributed by atoms with van der Waals surface area (Å²) in [5.74, 6) is -0.242. The lowest BCUT2D eigenvalue weighted by molar-refractivity contribution is 0.0754. The summed E-state index contributed by atoms with van der Waals surface area (Å²) in [5.41, 5.74) is 5.37. The molecule has 5 nitrogen and oxygen atoms in total. The zero-order chi connectivity index (χ0) is 12.3. The highest BCUT2D eigenvalue weighted by Crippen LogP contribution is 2.28. The van der Waals surface area contributed by atoms with Gasteiger partial charge >= 0.3 is 0 Å². The third-order valence-electron chi connectivity index (χ3n) is 3.25. The third kappa shape index (κ3) is 2.76. The van der Waals surface area contributed by atoms with Crippen molar-refractivity contribution in [2.75, 3.05) is 12.3 Å². The minimum atomic E-state index is -0.465. The predicted molar refractivity (Wildman–Crippen MR) is 66.9 cm³/mol. The minimum Gasteiger partial charge on any atom is -0.394 e. The van der Waals surface area contributed by atoms with Gasteiger partial charge in [0.15, 0.2) is 5.13 Å². The SMILES string of the molecule is Nc1nc(C(=O)NC2(CO)CCCCC2)cs1. The van der Waals surface area contributed by atoms with Crippen LogP contribution in [0.2, 0.25) is 0 Å². The first-order chi connectivity index (χ1) is 8.15. The van der Waals surface area contributed by atoms with E-state index in [4.69, 9.17) is 5.73 Å². The average molecular weight is 255 g/mol. The maximum Gasteiger partial charge on any atom is 0.271 e. The molecule has 0 saturated heterocycles. The summed E-state index contributed by atoms with van der Waals surface area (Å²) in [6.07, 6.45) is 4.91. The van der Waals surface area contributed by atoms with E-state index in [0.29, 0.717) is 10.8 Å². The molecule has 94 valence electrons. The molecule has 0 radical (unpaired) electrons. The normalized spacial score (nSPS) is 18.9. The molecule has 0 aliphatic heterocycles. The number of nitrogens with zero attached hydrogens (tertiary/aromatic N) is 1. The van der Waals surface area contributed by atoms with Gasteiger partial charge in [-0.05, 0) is 12.8 Å². The molecule has 1 saturated carbocycles. The molecule has 0 unspecified atom stereocenters. The number of amides is 1. The van der Waals surface area contributed by atoms with Gasteiger partial charge < -0.3 is 16.2 Å². The lowest BCUT2D eigenvalue weighted by atomic mass is 9.82. The van der Waals surface area contributed by atoms with Crippen LogP contribution in [0.5, 0.6) is 0 Å². The van der Waals surface area contributed by atoms with Crippen molar-refractivity contribution in [3.8, 4) is 0 Å². The molecule has 4 N–H and O–H groups in total. The summed E-state index contributed by atoms with van der Waals surface area (Å²) in [6, 6.07) is 0. The van der Waals surface area contributed by atoms with Crippen molar-refractivity contribution < 1.29 is 9.90 Å². The van der Waals surface area contributed by atoms with Crippen molar-refractivity contribution in [2.24, 2.45) is 0 Å². The monoisotopic (exact) mass is 255 g/mol. The Kier molecular flexibility index (Phi) is 3.63. The lowest BCUT2D eigenvalue weighted by Gasteiger charge is -2.36. The number of thiazole rings is 1. The number of rotatable bonds is 3. The van der Waals surface area contributed by atoms with Crippen LogP contribution >= 0.6 is 11.3 Å². The molecule has 2 rings (SSSR count). The number of hydrogen-bond donors (Lipinski definition) is 3. The number of nitrogens with one attached hydrogen (secondary N) is 1. The zero-order valence-electron chi connectivity index (χ0n) is 9.61. The van der Waals surface area contributed by atoms with Gasteiger partial charge in [-0.1, -0.05) is 19.3 Å². The third-order valence-corrected chi connectivity index (χ3v) is 3.92. The van der Waals surface area contributed by atoms with Gasteiger partial charge in [-0.3, -0.25) is 4.79 Å². The van der Waals surface area contributed by atoms with Crippen molar-refractivity contribution in [1.82, 2.24) is 10.3 Å². The van der Waals surface area contributed by atoms with Crippen LogP contribution < -0.4 is 11.1 Å². The number of hydrogen-bond acceptors (Lipinski definition) is 5. The van der Waals surface area contributed by atoms with E-state index >= 15 is 0 Å². The molecule has 1 amide bonds. The molecule has 0 spiro atoms. The first kappa shape index (κ1) is 12.3. The smallest absolute Gasteiger partial charge is 0.271 e. The summed E-state index contributed by atoms with van der Waals surface area (Å²) < 4.78 is 0. The van der Waals surface area contributed by atoms with Gasteiger partial charge in [-0.15, -0.1) is 11.3 Å². The van der Waals surface area contributed by atoms with Gasteiger partial charge in [0.2, 0.25) is 0 Å². The van der Waals surface area contributed by atoms with Crippen molar-refractivity contribution in [2.45, 2.75) is 37.6 Å². The Labute approximate surface area is 104 Å². The Morgan fingerprint density at radius 3 is 2.76 bits per heavy atom. The molecule has 1 heterocycles. The van der Waals surface area contributed by atoms with E-state index < -0.39 is 5.54 Å². The van der Waals surface area contributed by atoms with Gasteiger partial charge in [0.1, 0.15) is 5.69 Å². The van der Waals surface area contributed by atoms with E-state index in [2.05, 4.69) is 10.3 Å². The van der Waals surface area contributed by atoms with E-state index in [1.807, 2.05) is 0 Å². The summed E-state index contributed by atoms with van der Waals surface area (Å²) in [6.45, 7) is -0.0155. The molecule has 0 atom stereocenters. The molecule has 1 aliphatic rings. The first-order valence-electron chi connectivity index (χ1n) is 5.80. The molecule has 1 fully saturated rings. The van der Waals surface area contributed by atoms with Gasteiger partial charge in [0.25, 0.3) is 5.91 Å². The molecule has 1 aliphatic carbocycles. The number of nitrogens with two attached hydrogens (primary N) is 1. The Balaban J connectivity index is 2.05. The van der Waals surface area contributed by atoms with Crippen LogP contribution in [0.4, 0.5) is 5.13 Å². The van der Waals surface area contributed by atoms with Crippen molar-refractivity contribution >= 4 is 22.4 Å². The second kappa shape index (κ2) is 5.01. The highest BCUT2D eigenvalue weighted by atomic mass is 32.1. The highest BCUT2D eigenvalue weighted by molar-refractivity contribution is 7.13. The van der Waals surface area contributed by atoms with Gasteiger partial charge in [-0.2, -0.15) is 0 Å². The van der Waals surface area contributed by atoms with Crippen molar-refractivity contribution in [3.63, 3.8) is 0 Å². The summed E-state index contributed by atoms with van der Waals surface area (Å²) in [7, 11) is 0. The molecule has 6 heteroatoms. The fraction of sp³-hybridized carbons (Fsp3) is 0.636. The lowest BCUT2D eigenvalue weighted by Crippen LogP contribution is -2.52. The highest BCUT2D eigenvalue weighted by Gasteiger charge is 2.33. The van der Waals surface area contributed by atoms with E-state index in [-0.39, 0.29) is 12.5 Å². The molecule has 17 heavy (non-hydrogen) atoms. The molecule has 0 aromatic carbocycles. The average Bonchev–Trinajstić information content (AvgIpc) is 2.77. The predicted octanol–water partition coefficient (Wildman–Crippen LogP) is 1.15. The Hall–Kier alpha value is -1.14. The number of aromatic nitrogens is 1. The number of carbonyl (C=O) groups excluding carboxylic acids is 1. The molecule has 0 bridgehead atoms. The maximum atomic E-state index is 12.0. The quantitative estimate of drug-likeness (QED) is 0.756. The van der Waals surface area contributed by atoms with Crippen LogP contribution in [0.3, 0.4) is 0 Å². The summed E-state index contributed by atoms with van der Waals surface area (Å²) in [5, 5.41) is 14.4. The van der Waals surface area contributed by atoms with Gasteiger partial charge in [0, 0.05) is 5.38 Å². The number of nitrogen functional groups attached to an aromatic ring is 1. The summed E-state index contributed by atoms with van der Waals surface area (Å²) in [4.78, 5) is 15.9.